The van der Waals surface area contributed by atoms with Gasteiger partial charge >= 0.3 is 5.69 Å². The minimum Gasteiger partial charge on any atom is -0.507 e. The van der Waals surface area contributed by atoms with Crippen molar-refractivity contribution in [3.63, 3.8) is 0 Å². The Balaban J connectivity index is 2.67. The zero-order valence-corrected chi connectivity index (χ0v) is 16.1. The minimum atomic E-state index is -0.497. The van der Waals surface area contributed by atoms with E-state index in [1.165, 1.54) is 0 Å². The van der Waals surface area contributed by atoms with Crippen molar-refractivity contribution in [2.75, 3.05) is 0 Å². The molecule has 1 aromatic heterocycles. The summed E-state index contributed by atoms with van der Waals surface area (Å²) >= 11 is 0. The van der Waals surface area contributed by atoms with Crippen molar-refractivity contribution in [3.8, 4) is 5.75 Å². The van der Waals surface area contributed by atoms with Crippen LogP contribution in [-0.4, -0.2) is 15.1 Å². The molecule has 2 aromatic rings. The first-order valence-electron chi connectivity index (χ1n) is 8.49. The summed E-state index contributed by atoms with van der Waals surface area (Å²) < 4.78 is 0. The highest BCUT2D eigenvalue weighted by Crippen LogP contribution is 2.40. The van der Waals surface area contributed by atoms with Crippen LogP contribution in [-0.2, 0) is 17.3 Å². The number of hydrogen-bond acceptors (Lipinski definition) is 3. The van der Waals surface area contributed by atoms with Crippen LogP contribution in [0.25, 0.3) is 0 Å². The molecule has 0 saturated heterocycles. The molecular formula is C20H28N2O3. The number of H-pyrrole nitrogens is 2. The predicted octanol–water partition coefficient (Wildman–Crippen LogP) is 3.26. The summed E-state index contributed by atoms with van der Waals surface area (Å²) in [6, 6.07) is 3.91. The van der Waals surface area contributed by atoms with E-state index in [-0.39, 0.29) is 16.4 Å². The lowest BCUT2D eigenvalue weighted by Crippen LogP contribution is -2.27. The van der Waals surface area contributed by atoms with Crippen molar-refractivity contribution >= 4 is 0 Å². The van der Waals surface area contributed by atoms with Crippen LogP contribution in [0.15, 0.2) is 21.7 Å². The highest BCUT2D eigenvalue weighted by atomic mass is 16.3. The van der Waals surface area contributed by atoms with Gasteiger partial charge in [0.1, 0.15) is 5.75 Å². The van der Waals surface area contributed by atoms with Crippen LogP contribution in [0, 0.1) is 6.92 Å². The molecule has 1 aromatic carbocycles. The molecule has 0 bridgehead atoms. The molecule has 25 heavy (non-hydrogen) atoms. The SMILES string of the molecule is Cc1[nH]c(=O)[nH]c(=O)c1Cc1cc(C(C)(C)C)c(O)c(C(C)(C)C)c1. The maximum atomic E-state index is 12.2. The van der Waals surface area contributed by atoms with Gasteiger partial charge in [0.15, 0.2) is 0 Å². The average molecular weight is 344 g/mol. The molecule has 0 aliphatic carbocycles. The van der Waals surface area contributed by atoms with Crippen LogP contribution in [0.5, 0.6) is 5.75 Å². The first kappa shape index (κ1) is 19.0. The quantitative estimate of drug-likeness (QED) is 0.781. The van der Waals surface area contributed by atoms with Crippen molar-refractivity contribution in [3.05, 3.63) is 60.9 Å². The topological polar surface area (TPSA) is 86.0 Å². The molecule has 0 fully saturated rings. The van der Waals surface area contributed by atoms with E-state index in [2.05, 4.69) is 51.5 Å². The second-order valence-corrected chi connectivity index (χ2v) is 8.73. The van der Waals surface area contributed by atoms with Crippen LogP contribution in [0.1, 0.15) is 69.5 Å². The Labute approximate surface area is 148 Å². The number of rotatable bonds is 2. The van der Waals surface area contributed by atoms with Gasteiger partial charge in [-0.05, 0) is 34.4 Å². The van der Waals surface area contributed by atoms with E-state index in [0.29, 0.717) is 23.4 Å². The number of aromatic hydroxyl groups is 1. The number of phenols is 1. The van der Waals surface area contributed by atoms with Gasteiger partial charge in [0.2, 0.25) is 0 Å². The molecule has 0 spiro atoms. The van der Waals surface area contributed by atoms with E-state index in [1.807, 2.05) is 12.1 Å². The molecule has 0 aliphatic rings. The molecule has 0 amide bonds. The monoisotopic (exact) mass is 344 g/mol. The number of aryl methyl sites for hydroxylation is 1. The predicted molar refractivity (Wildman–Crippen MR) is 101 cm³/mol. The number of nitrogens with one attached hydrogen (secondary N) is 2. The zero-order valence-electron chi connectivity index (χ0n) is 16.1. The van der Waals surface area contributed by atoms with Crippen LogP contribution in [0.3, 0.4) is 0 Å². The molecule has 0 aliphatic heterocycles. The Kier molecular flexibility index (Phi) is 4.73. The first-order valence-corrected chi connectivity index (χ1v) is 8.49. The summed E-state index contributed by atoms with van der Waals surface area (Å²) in [6.45, 7) is 14.0. The van der Waals surface area contributed by atoms with Crippen LogP contribution < -0.4 is 11.2 Å². The largest absolute Gasteiger partial charge is 0.507 e. The molecule has 0 atom stereocenters. The average Bonchev–Trinajstić information content (AvgIpc) is 2.41. The lowest BCUT2D eigenvalue weighted by atomic mass is 9.78. The van der Waals surface area contributed by atoms with Crippen molar-refractivity contribution in [2.24, 2.45) is 0 Å². The van der Waals surface area contributed by atoms with E-state index in [0.717, 1.165) is 16.7 Å². The van der Waals surface area contributed by atoms with Crippen LogP contribution >= 0.6 is 0 Å². The summed E-state index contributed by atoms with van der Waals surface area (Å²) in [7, 11) is 0. The van der Waals surface area contributed by atoms with Gasteiger partial charge in [-0.3, -0.25) is 9.78 Å². The Morgan fingerprint density at radius 1 is 0.920 bits per heavy atom. The molecule has 2 rings (SSSR count). The van der Waals surface area contributed by atoms with Gasteiger partial charge in [0, 0.05) is 17.7 Å². The van der Waals surface area contributed by atoms with E-state index in [4.69, 9.17) is 0 Å². The van der Waals surface area contributed by atoms with Crippen molar-refractivity contribution in [1.82, 2.24) is 9.97 Å². The third-order valence-corrected chi connectivity index (χ3v) is 4.42. The number of benzene rings is 1. The fourth-order valence-electron chi connectivity index (χ4n) is 2.98. The number of aromatic amines is 2. The fraction of sp³-hybridized carbons (Fsp3) is 0.500. The first-order chi connectivity index (χ1) is 11.3. The molecule has 0 saturated carbocycles. The summed E-state index contributed by atoms with van der Waals surface area (Å²) in [5.41, 5.74) is 2.42. The highest BCUT2D eigenvalue weighted by Gasteiger charge is 2.26. The maximum Gasteiger partial charge on any atom is 0.325 e. The van der Waals surface area contributed by atoms with E-state index in [1.54, 1.807) is 6.92 Å². The third-order valence-electron chi connectivity index (χ3n) is 4.42. The molecule has 0 radical (unpaired) electrons. The second-order valence-electron chi connectivity index (χ2n) is 8.73. The maximum absolute atomic E-state index is 12.2. The van der Waals surface area contributed by atoms with Gasteiger partial charge < -0.3 is 10.1 Å². The van der Waals surface area contributed by atoms with Gasteiger partial charge in [0.05, 0.1) is 0 Å². The second kappa shape index (κ2) is 6.21. The number of aromatic nitrogens is 2. The molecule has 1 heterocycles. The Bertz CT molecular complexity index is 871. The van der Waals surface area contributed by atoms with Crippen molar-refractivity contribution in [1.29, 1.82) is 0 Å². The Morgan fingerprint density at radius 2 is 1.40 bits per heavy atom. The van der Waals surface area contributed by atoms with Gasteiger partial charge in [-0.2, -0.15) is 0 Å². The molecule has 5 nitrogen and oxygen atoms in total. The van der Waals surface area contributed by atoms with Gasteiger partial charge in [-0.15, -0.1) is 0 Å². The highest BCUT2D eigenvalue weighted by molar-refractivity contribution is 5.50. The normalized spacial score (nSPS) is 12.4. The Hall–Kier alpha value is -2.30. The minimum absolute atomic E-state index is 0.230. The van der Waals surface area contributed by atoms with E-state index < -0.39 is 5.69 Å². The fourth-order valence-corrected chi connectivity index (χ4v) is 2.98. The standard InChI is InChI=1S/C20H28N2O3/c1-11-13(17(24)22-18(25)21-11)8-12-9-14(19(2,3)4)16(23)15(10-12)20(5,6)7/h9-10,23H,8H2,1-7H3,(H2,21,22,24,25). The van der Waals surface area contributed by atoms with Crippen LogP contribution in [0.4, 0.5) is 0 Å². The van der Waals surface area contributed by atoms with Crippen molar-refractivity contribution < 1.29 is 5.11 Å². The molecule has 3 N–H and O–H groups in total. The summed E-state index contributed by atoms with van der Waals surface area (Å²) in [4.78, 5) is 28.5. The zero-order chi connectivity index (χ0) is 19.2. The van der Waals surface area contributed by atoms with Gasteiger partial charge in [-0.1, -0.05) is 53.7 Å². The lowest BCUT2D eigenvalue weighted by molar-refractivity contribution is 0.423. The van der Waals surface area contributed by atoms with E-state index in [9.17, 15) is 14.7 Å². The third kappa shape index (κ3) is 4.03. The molecule has 0 unspecified atom stereocenters. The summed E-state index contributed by atoms with van der Waals surface area (Å²) in [6.07, 6.45) is 0.393. The lowest BCUT2D eigenvalue weighted by Gasteiger charge is -2.28. The molecule has 5 heteroatoms. The van der Waals surface area contributed by atoms with Crippen LogP contribution in [0.2, 0.25) is 0 Å². The smallest absolute Gasteiger partial charge is 0.325 e. The van der Waals surface area contributed by atoms with Crippen molar-refractivity contribution in [2.45, 2.75) is 65.7 Å². The van der Waals surface area contributed by atoms with Gasteiger partial charge in [0.25, 0.3) is 5.56 Å². The van der Waals surface area contributed by atoms with Gasteiger partial charge in [-0.25, -0.2) is 4.79 Å². The molecular weight excluding hydrogens is 316 g/mol. The summed E-state index contributed by atoms with van der Waals surface area (Å²) in [5, 5.41) is 10.8. The number of hydrogen-bond donors (Lipinski definition) is 3. The Morgan fingerprint density at radius 3 is 1.80 bits per heavy atom. The van der Waals surface area contributed by atoms with E-state index >= 15 is 0 Å². The number of phenolic OH excluding ortho intramolecular Hbond substituents is 1. The molecule has 136 valence electrons. The summed E-state index contributed by atoms with van der Waals surface area (Å²) in [5.74, 6) is 0.316.